The molecule has 1 N–H and O–H groups in total. The smallest absolute Gasteiger partial charge is 0.261 e. The van der Waals surface area contributed by atoms with Crippen LogP contribution in [0.4, 0.5) is 0 Å². The van der Waals surface area contributed by atoms with Crippen molar-refractivity contribution in [1.29, 1.82) is 0 Å². The molecule has 2 rings (SSSR count). The van der Waals surface area contributed by atoms with E-state index in [1.807, 2.05) is 38.1 Å². The number of benzene rings is 2. The van der Waals surface area contributed by atoms with E-state index in [-0.39, 0.29) is 11.9 Å². The Morgan fingerprint density at radius 1 is 1.17 bits per heavy atom. The molecular weight excluding hydrogens is 326 g/mol. The van der Waals surface area contributed by atoms with Crippen molar-refractivity contribution in [3.63, 3.8) is 0 Å². The van der Waals surface area contributed by atoms with Crippen molar-refractivity contribution in [2.45, 2.75) is 32.4 Å². The Labute approximate surface area is 147 Å². The summed E-state index contributed by atoms with van der Waals surface area (Å²) in [5.74, 6) is 1.20. The van der Waals surface area contributed by atoms with E-state index in [9.17, 15) is 4.79 Å². The molecule has 0 aliphatic carbocycles. The fourth-order valence-electron chi connectivity index (χ4n) is 2.41. The van der Waals surface area contributed by atoms with Crippen molar-refractivity contribution >= 4 is 17.5 Å². The highest BCUT2D eigenvalue weighted by Crippen LogP contribution is 2.25. The molecule has 128 valence electrons. The van der Waals surface area contributed by atoms with Crippen molar-refractivity contribution in [2.75, 3.05) is 7.11 Å². The second-order valence-corrected chi connectivity index (χ2v) is 5.88. The number of carbonyl (C=O) groups is 1. The maximum atomic E-state index is 12.5. The Kier molecular flexibility index (Phi) is 6.50. The van der Waals surface area contributed by atoms with Gasteiger partial charge in [0.25, 0.3) is 5.91 Å². The molecule has 2 aromatic carbocycles. The van der Waals surface area contributed by atoms with E-state index in [4.69, 9.17) is 21.1 Å². The van der Waals surface area contributed by atoms with Crippen LogP contribution in [-0.4, -0.2) is 19.1 Å². The van der Waals surface area contributed by atoms with Crippen molar-refractivity contribution in [3.05, 3.63) is 59.1 Å². The van der Waals surface area contributed by atoms with Crippen LogP contribution in [0.15, 0.2) is 48.5 Å². The first-order valence-corrected chi connectivity index (χ1v) is 8.28. The first-order valence-electron chi connectivity index (χ1n) is 7.90. The summed E-state index contributed by atoms with van der Waals surface area (Å²) in [6, 6.07) is 14.4. The molecule has 0 heterocycles. The number of hydrogen-bond donors (Lipinski definition) is 1. The van der Waals surface area contributed by atoms with Gasteiger partial charge in [0.1, 0.15) is 11.5 Å². The van der Waals surface area contributed by atoms with E-state index >= 15 is 0 Å². The summed E-state index contributed by atoms with van der Waals surface area (Å²) >= 11 is 5.86. The lowest BCUT2D eigenvalue weighted by Gasteiger charge is -2.22. The molecule has 1 amide bonds. The van der Waals surface area contributed by atoms with E-state index < -0.39 is 6.10 Å². The van der Waals surface area contributed by atoms with Gasteiger partial charge in [0, 0.05) is 10.6 Å². The van der Waals surface area contributed by atoms with Gasteiger partial charge in [-0.15, -0.1) is 0 Å². The monoisotopic (exact) mass is 347 g/mol. The normalized spacial score (nSPS) is 13.0. The molecular formula is C19H22ClNO3. The maximum absolute atomic E-state index is 12.5. The highest BCUT2D eigenvalue weighted by Gasteiger charge is 2.21. The molecule has 0 saturated heterocycles. The second kappa shape index (κ2) is 8.60. The zero-order chi connectivity index (χ0) is 17.5. The van der Waals surface area contributed by atoms with E-state index in [0.29, 0.717) is 17.2 Å². The molecule has 2 atom stereocenters. The summed E-state index contributed by atoms with van der Waals surface area (Å²) < 4.78 is 11.1. The lowest BCUT2D eigenvalue weighted by atomic mass is 10.1. The summed E-state index contributed by atoms with van der Waals surface area (Å²) in [6.45, 7) is 3.83. The van der Waals surface area contributed by atoms with Gasteiger partial charge in [-0.3, -0.25) is 4.79 Å². The minimum Gasteiger partial charge on any atom is -0.496 e. The van der Waals surface area contributed by atoms with Crippen LogP contribution >= 0.6 is 11.6 Å². The quantitative estimate of drug-likeness (QED) is 0.808. The first kappa shape index (κ1) is 18.1. The SMILES string of the molecule is CC[C@H](Oc1ccc(Cl)cc1)C(=O)N[C@H](C)c1ccccc1OC. The minimum absolute atomic E-state index is 0.161. The lowest BCUT2D eigenvalue weighted by Crippen LogP contribution is -2.39. The van der Waals surface area contributed by atoms with Crippen molar-refractivity contribution < 1.29 is 14.3 Å². The van der Waals surface area contributed by atoms with Crippen LogP contribution < -0.4 is 14.8 Å². The van der Waals surface area contributed by atoms with Crippen LogP contribution in [-0.2, 0) is 4.79 Å². The van der Waals surface area contributed by atoms with Gasteiger partial charge >= 0.3 is 0 Å². The number of ether oxygens (including phenoxy) is 2. The van der Waals surface area contributed by atoms with Gasteiger partial charge in [0.15, 0.2) is 6.10 Å². The number of nitrogens with one attached hydrogen (secondary N) is 1. The topological polar surface area (TPSA) is 47.6 Å². The van der Waals surface area contributed by atoms with Crippen LogP contribution in [0.5, 0.6) is 11.5 Å². The molecule has 0 fully saturated rings. The second-order valence-electron chi connectivity index (χ2n) is 5.44. The van der Waals surface area contributed by atoms with Crippen LogP contribution in [0.1, 0.15) is 31.9 Å². The molecule has 0 radical (unpaired) electrons. The molecule has 0 aliphatic heterocycles. The molecule has 0 aromatic heterocycles. The third-order valence-electron chi connectivity index (χ3n) is 3.72. The molecule has 0 bridgehead atoms. The number of rotatable bonds is 7. The van der Waals surface area contributed by atoms with Crippen LogP contribution in [0.2, 0.25) is 5.02 Å². The number of hydrogen-bond acceptors (Lipinski definition) is 3. The number of halogens is 1. The van der Waals surface area contributed by atoms with Crippen molar-refractivity contribution in [3.8, 4) is 11.5 Å². The Morgan fingerprint density at radius 2 is 1.83 bits per heavy atom. The van der Waals surface area contributed by atoms with Crippen molar-refractivity contribution in [1.82, 2.24) is 5.32 Å². The molecule has 24 heavy (non-hydrogen) atoms. The van der Waals surface area contributed by atoms with E-state index in [2.05, 4.69) is 5.32 Å². The van der Waals surface area contributed by atoms with Crippen LogP contribution in [0, 0.1) is 0 Å². The molecule has 5 heteroatoms. The maximum Gasteiger partial charge on any atom is 0.261 e. The predicted octanol–water partition coefficient (Wildman–Crippen LogP) is 4.38. The Bertz CT molecular complexity index is 673. The first-order chi connectivity index (χ1) is 11.5. The molecule has 4 nitrogen and oxygen atoms in total. The molecule has 0 unspecified atom stereocenters. The van der Waals surface area contributed by atoms with E-state index in [1.165, 1.54) is 0 Å². The summed E-state index contributed by atoms with van der Waals surface area (Å²) in [6.07, 6.45) is -0.00376. The highest BCUT2D eigenvalue weighted by molar-refractivity contribution is 6.30. The van der Waals surface area contributed by atoms with Gasteiger partial charge in [0.2, 0.25) is 0 Å². The Hall–Kier alpha value is -2.20. The summed E-state index contributed by atoms with van der Waals surface area (Å²) in [7, 11) is 1.62. The summed E-state index contributed by atoms with van der Waals surface area (Å²) in [5.41, 5.74) is 0.926. The van der Waals surface area contributed by atoms with Gasteiger partial charge in [0.05, 0.1) is 13.2 Å². The van der Waals surface area contributed by atoms with Gasteiger partial charge in [-0.25, -0.2) is 0 Å². The lowest BCUT2D eigenvalue weighted by molar-refractivity contribution is -0.128. The number of amides is 1. The number of methoxy groups -OCH3 is 1. The largest absolute Gasteiger partial charge is 0.496 e. The zero-order valence-electron chi connectivity index (χ0n) is 14.1. The van der Waals surface area contributed by atoms with Gasteiger partial charge < -0.3 is 14.8 Å². The molecule has 2 aromatic rings. The van der Waals surface area contributed by atoms with E-state index in [0.717, 1.165) is 11.3 Å². The van der Waals surface area contributed by atoms with E-state index in [1.54, 1.807) is 31.4 Å². The third kappa shape index (κ3) is 4.65. The standard InChI is InChI=1S/C19H22ClNO3/c1-4-17(24-15-11-9-14(20)10-12-15)19(22)21-13(2)16-7-5-6-8-18(16)23-3/h5-13,17H,4H2,1-3H3,(H,21,22)/t13-,17+/m1/s1. The fourth-order valence-corrected chi connectivity index (χ4v) is 2.53. The molecule has 0 aliphatic rings. The van der Waals surface area contributed by atoms with Crippen LogP contribution in [0.25, 0.3) is 0 Å². The highest BCUT2D eigenvalue weighted by atomic mass is 35.5. The molecule has 0 saturated carbocycles. The van der Waals surface area contributed by atoms with Gasteiger partial charge in [-0.1, -0.05) is 36.7 Å². The third-order valence-corrected chi connectivity index (χ3v) is 3.97. The zero-order valence-corrected chi connectivity index (χ0v) is 14.8. The minimum atomic E-state index is -0.566. The summed E-state index contributed by atoms with van der Waals surface area (Å²) in [5, 5.41) is 3.61. The fraction of sp³-hybridized carbons (Fsp3) is 0.316. The van der Waals surface area contributed by atoms with Crippen LogP contribution in [0.3, 0.4) is 0 Å². The number of carbonyl (C=O) groups excluding carboxylic acids is 1. The van der Waals surface area contributed by atoms with Gasteiger partial charge in [-0.05, 0) is 43.7 Å². The Balaban J connectivity index is 2.04. The number of para-hydroxylation sites is 1. The molecule has 0 spiro atoms. The van der Waals surface area contributed by atoms with Gasteiger partial charge in [-0.2, -0.15) is 0 Å². The Morgan fingerprint density at radius 3 is 2.46 bits per heavy atom. The average Bonchev–Trinajstić information content (AvgIpc) is 2.60. The predicted molar refractivity (Wildman–Crippen MR) is 95.7 cm³/mol. The summed E-state index contributed by atoms with van der Waals surface area (Å²) in [4.78, 5) is 12.5. The average molecular weight is 348 g/mol. The van der Waals surface area contributed by atoms with Crippen molar-refractivity contribution in [2.24, 2.45) is 0 Å².